The van der Waals surface area contributed by atoms with Gasteiger partial charge in [-0.15, -0.1) is 0 Å². The highest BCUT2D eigenvalue weighted by Crippen LogP contribution is 2.52. The molecule has 2 nitrogen and oxygen atoms in total. The molecular formula is C104H113BN2. The van der Waals surface area contributed by atoms with E-state index in [9.17, 15) is 0 Å². The summed E-state index contributed by atoms with van der Waals surface area (Å²) in [6, 6.07) is 98.6. The highest BCUT2D eigenvalue weighted by Gasteiger charge is 2.45. The Bertz CT molecular complexity index is 4860. The van der Waals surface area contributed by atoms with Crippen molar-refractivity contribution in [3.05, 3.63) is 293 Å². The second-order valence-corrected chi connectivity index (χ2v) is 39.3. The summed E-state index contributed by atoms with van der Waals surface area (Å²) in [5.74, 6) is 0. The Morgan fingerprint density at radius 1 is 0.196 bits per heavy atom. The largest absolute Gasteiger partial charge is 0.311 e. The highest BCUT2D eigenvalue weighted by atomic mass is 15.2. The number of benzene rings is 12. The summed E-state index contributed by atoms with van der Waals surface area (Å²) in [6.45, 7) is 55.7. The third-order valence-corrected chi connectivity index (χ3v) is 23.0. The molecule has 0 N–H and O–H groups in total. The second kappa shape index (κ2) is 26.6. The van der Waals surface area contributed by atoms with Crippen LogP contribution >= 0.6 is 0 Å². The fourth-order valence-electron chi connectivity index (χ4n) is 16.1. The van der Waals surface area contributed by atoms with Crippen LogP contribution in [0.5, 0.6) is 0 Å². The molecule has 14 rings (SSSR count). The molecule has 0 spiro atoms. The van der Waals surface area contributed by atoms with Crippen molar-refractivity contribution in [3.63, 3.8) is 0 Å². The van der Waals surface area contributed by atoms with Crippen molar-refractivity contribution in [1.29, 1.82) is 0 Å². The van der Waals surface area contributed by atoms with Crippen LogP contribution in [0.15, 0.2) is 249 Å². The molecule has 0 saturated heterocycles. The van der Waals surface area contributed by atoms with Gasteiger partial charge < -0.3 is 9.80 Å². The first-order valence-corrected chi connectivity index (χ1v) is 39.2. The topological polar surface area (TPSA) is 6.48 Å². The number of hydrogen-bond donors (Lipinski definition) is 0. The average molecular weight is 1400 g/mol. The summed E-state index contributed by atoms with van der Waals surface area (Å²) < 4.78 is 0. The molecule has 0 fully saturated rings. The quantitative estimate of drug-likeness (QED) is 0.133. The summed E-state index contributed by atoms with van der Waals surface area (Å²) in [7, 11) is 0. The van der Waals surface area contributed by atoms with Gasteiger partial charge in [0.05, 0.1) is 0 Å². The van der Waals surface area contributed by atoms with Crippen LogP contribution in [0.1, 0.15) is 211 Å². The lowest BCUT2D eigenvalue weighted by Crippen LogP contribution is -2.61. The average Bonchev–Trinajstić information content (AvgIpc) is 0.691. The van der Waals surface area contributed by atoms with Crippen LogP contribution < -0.4 is 26.2 Å². The lowest BCUT2D eigenvalue weighted by Gasteiger charge is -2.45. The Hall–Kier alpha value is -9.70. The first-order valence-electron chi connectivity index (χ1n) is 39.2. The van der Waals surface area contributed by atoms with E-state index in [2.05, 4.69) is 425 Å². The first-order chi connectivity index (χ1) is 50.1. The van der Waals surface area contributed by atoms with Crippen LogP contribution in [0.25, 0.3) is 77.9 Å². The van der Waals surface area contributed by atoms with E-state index < -0.39 is 0 Å². The van der Waals surface area contributed by atoms with Crippen LogP contribution in [0.3, 0.4) is 0 Å². The van der Waals surface area contributed by atoms with Gasteiger partial charge in [-0.05, 0) is 267 Å². The molecule has 0 unspecified atom stereocenters. The zero-order valence-corrected chi connectivity index (χ0v) is 68.6. The maximum Gasteiger partial charge on any atom is 0.252 e. The Kier molecular flexibility index (Phi) is 18.4. The van der Waals surface area contributed by atoms with Gasteiger partial charge in [0.25, 0.3) is 6.71 Å². The maximum atomic E-state index is 2.64. The number of anilines is 6. The molecule has 542 valence electrons. The van der Waals surface area contributed by atoms with Crippen molar-refractivity contribution in [1.82, 2.24) is 0 Å². The smallest absolute Gasteiger partial charge is 0.252 e. The summed E-state index contributed by atoms with van der Waals surface area (Å²) in [5.41, 5.74) is 37.4. The number of hydrogen-bond acceptors (Lipinski definition) is 2. The van der Waals surface area contributed by atoms with Gasteiger partial charge in [0.2, 0.25) is 0 Å². The minimum absolute atomic E-state index is 0.00136. The molecule has 3 heteroatoms. The van der Waals surface area contributed by atoms with Crippen molar-refractivity contribution in [2.75, 3.05) is 9.80 Å². The third-order valence-electron chi connectivity index (χ3n) is 23.0. The second-order valence-electron chi connectivity index (χ2n) is 39.3. The highest BCUT2D eigenvalue weighted by molar-refractivity contribution is 7.00. The Morgan fingerprint density at radius 3 is 0.682 bits per heavy atom. The molecule has 2 aliphatic rings. The molecule has 0 atom stereocenters. The first kappa shape index (κ1) is 74.2. The Morgan fingerprint density at radius 2 is 0.430 bits per heavy atom. The maximum absolute atomic E-state index is 2.64. The van der Waals surface area contributed by atoms with E-state index in [4.69, 9.17) is 0 Å². The van der Waals surface area contributed by atoms with Gasteiger partial charge in [-0.1, -0.05) is 330 Å². The van der Waals surface area contributed by atoms with E-state index >= 15 is 0 Å². The Labute approximate surface area is 643 Å². The fourth-order valence-corrected chi connectivity index (χ4v) is 16.1. The minimum Gasteiger partial charge on any atom is -0.311 e. The fraction of sp³-hybridized carbons (Fsp3) is 0.308. The van der Waals surface area contributed by atoms with E-state index in [0.717, 1.165) is 39.2 Å². The van der Waals surface area contributed by atoms with Crippen LogP contribution in [0.2, 0.25) is 0 Å². The zero-order chi connectivity index (χ0) is 76.6. The SMILES string of the molecule is CC(C)(C)c1ccc(-c2cc(-c3ccc(C(C)(C)C)cc3)cc(-c3cccc(-c4cc(-c5ccc(C(C)(C)C)cc5)cc(-c5ccc(C(C)(C)C)cc5)c4)c3-c3cc4c5c(c3)N(c3ccc(C(C)(C)C)cc3)c3ccc(C(C)(C)C)cc3B5c3cc(C(C)(C)C)ccc3N4c3ccc(C(C)(C)C)cc3)c2)cc1. The predicted octanol–water partition coefficient (Wildman–Crippen LogP) is 27.8. The van der Waals surface area contributed by atoms with E-state index in [1.807, 2.05) is 0 Å². The van der Waals surface area contributed by atoms with E-state index in [-0.39, 0.29) is 50.0 Å². The van der Waals surface area contributed by atoms with Crippen molar-refractivity contribution in [2.24, 2.45) is 0 Å². The molecule has 12 aromatic rings. The monoisotopic (exact) mass is 1400 g/mol. The molecule has 2 heterocycles. The number of fused-ring (bicyclic) bond motifs is 4. The number of rotatable bonds is 9. The number of nitrogens with zero attached hydrogens (tertiary/aromatic N) is 2. The van der Waals surface area contributed by atoms with Gasteiger partial charge in [0.1, 0.15) is 0 Å². The zero-order valence-electron chi connectivity index (χ0n) is 68.6. The molecule has 0 radical (unpaired) electrons. The molecule has 0 aromatic heterocycles. The normalized spacial score (nSPS) is 13.6. The molecule has 107 heavy (non-hydrogen) atoms. The molecule has 0 aliphatic carbocycles. The van der Waals surface area contributed by atoms with Crippen LogP contribution in [-0.4, -0.2) is 6.71 Å². The predicted molar refractivity (Wildman–Crippen MR) is 468 cm³/mol. The van der Waals surface area contributed by atoms with Gasteiger partial charge >= 0.3 is 0 Å². The van der Waals surface area contributed by atoms with Gasteiger partial charge in [0, 0.05) is 34.1 Å². The molecule has 12 aromatic carbocycles. The molecule has 0 bridgehead atoms. The Balaban J connectivity index is 1.15. The van der Waals surface area contributed by atoms with Crippen molar-refractivity contribution in [2.45, 2.75) is 209 Å². The summed E-state index contributed by atoms with van der Waals surface area (Å²) in [4.78, 5) is 5.27. The van der Waals surface area contributed by atoms with E-state index in [1.165, 1.54) is 134 Å². The lowest BCUT2D eigenvalue weighted by atomic mass is 9.33. The molecule has 0 saturated carbocycles. The van der Waals surface area contributed by atoms with E-state index in [1.54, 1.807) is 0 Å². The van der Waals surface area contributed by atoms with Crippen LogP contribution in [0.4, 0.5) is 34.1 Å². The minimum atomic E-state index is -0.115. The molecule has 0 amide bonds. The van der Waals surface area contributed by atoms with E-state index in [0.29, 0.717) is 0 Å². The van der Waals surface area contributed by atoms with Gasteiger partial charge in [0.15, 0.2) is 0 Å². The van der Waals surface area contributed by atoms with Crippen molar-refractivity contribution >= 4 is 57.2 Å². The van der Waals surface area contributed by atoms with Crippen molar-refractivity contribution < 1.29 is 0 Å². The lowest BCUT2D eigenvalue weighted by molar-refractivity contribution is 0.590. The summed E-state index contributed by atoms with van der Waals surface area (Å²) in [6.07, 6.45) is 0. The van der Waals surface area contributed by atoms with Gasteiger partial charge in [-0.2, -0.15) is 0 Å². The van der Waals surface area contributed by atoms with Crippen LogP contribution in [0, 0.1) is 0 Å². The molecule has 2 aliphatic heterocycles. The third kappa shape index (κ3) is 14.6. The molecular weight excluding hydrogens is 1290 g/mol. The summed E-state index contributed by atoms with van der Waals surface area (Å²) in [5, 5.41) is 0. The van der Waals surface area contributed by atoms with Gasteiger partial charge in [-0.25, -0.2) is 0 Å². The van der Waals surface area contributed by atoms with Crippen molar-refractivity contribution in [3.8, 4) is 77.9 Å². The van der Waals surface area contributed by atoms with Crippen LogP contribution in [-0.2, 0) is 43.3 Å². The standard InChI is InChI=1S/C104H113BN2/c1-97(2,3)77-36-28-66(29-37-77)70-56-71(67-30-38-78(39-31-67)98(4,5)6)59-74(58-70)87-26-25-27-88(75-60-72(68-32-40-79(41-33-68)99(7,8)9)57-73(61-75)69-34-42-80(43-35-69)100(10,11)12)95(87)76-62-93-96-94(63-76)107(86-52-46-82(47-53-86)102(16,17)18)92-55-49-84(104(22,23)24)65-90(92)105(96)89-64-83(103(19,20)21)48-54-91(89)106(93)85-50-44-81(45-51-85)101(13,14)15/h25-65H,1-24H3. The summed E-state index contributed by atoms with van der Waals surface area (Å²) >= 11 is 0. The van der Waals surface area contributed by atoms with Gasteiger partial charge in [-0.3, -0.25) is 0 Å².